The molecular formula is C34H38N2O6. The van der Waals surface area contributed by atoms with Crippen molar-refractivity contribution in [1.29, 1.82) is 0 Å². The van der Waals surface area contributed by atoms with E-state index in [-0.39, 0.29) is 36.9 Å². The maximum Gasteiger partial charge on any atom is 0.407 e. The summed E-state index contributed by atoms with van der Waals surface area (Å²) in [4.78, 5) is 37.7. The van der Waals surface area contributed by atoms with Crippen LogP contribution in [0.3, 0.4) is 0 Å². The van der Waals surface area contributed by atoms with Gasteiger partial charge in [0.1, 0.15) is 6.61 Å². The molecule has 0 bridgehead atoms. The molecule has 4 atom stereocenters. The molecule has 0 radical (unpaired) electrons. The maximum atomic E-state index is 13.1. The van der Waals surface area contributed by atoms with Crippen molar-refractivity contribution in [2.24, 2.45) is 11.8 Å². The third kappa shape index (κ3) is 6.99. The molecule has 3 aromatic carbocycles. The van der Waals surface area contributed by atoms with Crippen molar-refractivity contribution in [3.63, 3.8) is 0 Å². The minimum Gasteiger partial charge on any atom is -0.480 e. The Labute approximate surface area is 246 Å². The zero-order valence-corrected chi connectivity index (χ0v) is 23.8. The first-order valence-corrected chi connectivity index (χ1v) is 14.7. The van der Waals surface area contributed by atoms with Gasteiger partial charge in [-0.3, -0.25) is 4.79 Å². The van der Waals surface area contributed by atoms with Crippen LogP contribution >= 0.6 is 0 Å². The summed E-state index contributed by atoms with van der Waals surface area (Å²) in [5.41, 5.74) is 5.60. The molecule has 0 saturated heterocycles. The molecule has 1 fully saturated rings. The van der Waals surface area contributed by atoms with Crippen molar-refractivity contribution >= 4 is 18.0 Å². The SMILES string of the molecule is C[C@@H](OCc1ccccc1)[C@H](NC(=O)C1CCCC(CNC(=O)OCC2c3ccccc3-c3ccccc32)C1)C(=O)O. The molecule has 2 unspecified atom stereocenters. The van der Waals surface area contributed by atoms with Crippen molar-refractivity contribution < 1.29 is 29.0 Å². The average molecular weight is 571 g/mol. The number of nitrogens with one attached hydrogen (secondary N) is 2. The molecule has 3 N–H and O–H groups in total. The van der Waals surface area contributed by atoms with Gasteiger partial charge < -0.3 is 25.2 Å². The molecule has 220 valence electrons. The molecule has 42 heavy (non-hydrogen) atoms. The van der Waals surface area contributed by atoms with Crippen LogP contribution in [0.2, 0.25) is 0 Å². The largest absolute Gasteiger partial charge is 0.480 e. The van der Waals surface area contributed by atoms with Crippen molar-refractivity contribution in [1.82, 2.24) is 10.6 Å². The number of fused-ring (bicyclic) bond motifs is 3. The highest BCUT2D eigenvalue weighted by atomic mass is 16.5. The lowest BCUT2D eigenvalue weighted by Gasteiger charge is -2.30. The number of hydrogen-bond acceptors (Lipinski definition) is 5. The summed E-state index contributed by atoms with van der Waals surface area (Å²) >= 11 is 0. The van der Waals surface area contributed by atoms with Crippen LogP contribution in [-0.4, -0.2) is 48.4 Å². The Kier molecular flexibility index (Phi) is 9.54. The number of carbonyl (C=O) groups excluding carboxylic acids is 2. The highest BCUT2D eigenvalue weighted by Crippen LogP contribution is 2.44. The molecule has 2 aliphatic rings. The summed E-state index contributed by atoms with van der Waals surface area (Å²) in [6, 6.07) is 24.7. The molecule has 0 heterocycles. The Morgan fingerprint density at radius 3 is 2.21 bits per heavy atom. The monoisotopic (exact) mass is 570 g/mol. The normalized spacial score (nSPS) is 19.2. The summed E-state index contributed by atoms with van der Waals surface area (Å²) in [5.74, 6) is -1.65. The zero-order valence-electron chi connectivity index (χ0n) is 23.8. The van der Waals surface area contributed by atoms with E-state index in [2.05, 4.69) is 34.9 Å². The maximum absolute atomic E-state index is 13.1. The number of benzene rings is 3. The fraction of sp³-hybridized carbons (Fsp3) is 0.382. The molecule has 2 aliphatic carbocycles. The second-order valence-corrected chi connectivity index (χ2v) is 11.3. The lowest BCUT2D eigenvalue weighted by molar-refractivity contribution is -0.147. The summed E-state index contributed by atoms with van der Waals surface area (Å²) < 4.78 is 11.4. The number of ether oxygens (including phenoxy) is 2. The second kappa shape index (κ2) is 13.7. The van der Waals surface area contributed by atoms with Gasteiger partial charge in [0.2, 0.25) is 5.91 Å². The molecule has 3 aromatic rings. The second-order valence-electron chi connectivity index (χ2n) is 11.3. The van der Waals surface area contributed by atoms with Gasteiger partial charge in [-0.2, -0.15) is 0 Å². The minimum absolute atomic E-state index is 0.00727. The van der Waals surface area contributed by atoms with Gasteiger partial charge in [0.05, 0.1) is 12.7 Å². The Bertz CT molecular complexity index is 1350. The van der Waals surface area contributed by atoms with Gasteiger partial charge in [0.15, 0.2) is 6.04 Å². The van der Waals surface area contributed by atoms with E-state index in [1.807, 2.05) is 54.6 Å². The van der Waals surface area contributed by atoms with Crippen LogP contribution in [0.4, 0.5) is 4.79 Å². The van der Waals surface area contributed by atoms with Crippen molar-refractivity contribution in [3.05, 3.63) is 95.6 Å². The van der Waals surface area contributed by atoms with E-state index < -0.39 is 24.2 Å². The molecule has 0 aromatic heterocycles. The van der Waals surface area contributed by atoms with E-state index in [0.29, 0.717) is 19.4 Å². The number of carboxylic acids is 1. The number of carbonyl (C=O) groups is 3. The first-order valence-electron chi connectivity index (χ1n) is 14.7. The van der Waals surface area contributed by atoms with Crippen molar-refractivity contribution in [3.8, 4) is 11.1 Å². The number of rotatable bonds is 11. The van der Waals surface area contributed by atoms with Crippen molar-refractivity contribution in [2.75, 3.05) is 13.2 Å². The highest BCUT2D eigenvalue weighted by molar-refractivity contribution is 5.85. The first kappa shape index (κ1) is 29.3. The minimum atomic E-state index is -1.15. The van der Waals surface area contributed by atoms with Crippen LogP contribution in [0.25, 0.3) is 11.1 Å². The van der Waals surface area contributed by atoms with Gasteiger partial charge in [-0.25, -0.2) is 9.59 Å². The van der Waals surface area contributed by atoms with Gasteiger partial charge in [-0.15, -0.1) is 0 Å². The molecule has 5 rings (SSSR count). The van der Waals surface area contributed by atoms with Crippen LogP contribution in [-0.2, 0) is 25.7 Å². The van der Waals surface area contributed by atoms with Crippen LogP contribution in [0, 0.1) is 11.8 Å². The summed E-state index contributed by atoms with van der Waals surface area (Å²) in [7, 11) is 0. The van der Waals surface area contributed by atoms with Crippen LogP contribution in [0.15, 0.2) is 78.9 Å². The lowest BCUT2D eigenvalue weighted by atomic mass is 9.80. The van der Waals surface area contributed by atoms with Crippen LogP contribution in [0.5, 0.6) is 0 Å². The van der Waals surface area contributed by atoms with Crippen LogP contribution < -0.4 is 10.6 Å². The molecular weight excluding hydrogens is 532 g/mol. The highest BCUT2D eigenvalue weighted by Gasteiger charge is 2.33. The fourth-order valence-electron chi connectivity index (χ4n) is 6.14. The van der Waals surface area contributed by atoms with E-state index in [1.165, 1.54) is 11.1 Å². The fourth-order valence-corrected chi connectivity index (χ4v) is 6.14. The van der Waals surface area contributed by atoms with Gasteiger partial charge in [-0.05, 0) is 59.9 Å². The number of alkyl carbamates (subject to hydrolysis) is 1. The molecule has 2 amide bonds. The lowest BCUT2D eigenvalue weighted by Crippen LogP contribution is -2.51. The van der Waals surface area contributed by atoms with E-state index in [4.69, 9.17) is 9.47 Å². The molecule has 1 saturated carbocycles. The Balaban J connectivity index is 1.08. The number of amides is 2. The number of aliphatic carboxylic acids is 1. The molecule has 8 nitrogen and oxygen atoms in total. The smallest absolute Gasteiger partial charge is 0.407 e. The van der Waals surface area contributed by atoms with E-state index >= 15 is 0 Å². The van der Waals surface area contributed by atoms with E-state index in [9.17, 15) is 19.5 Å². The Morgan fingerprint density at radius 1 is 0.905 bits per heavy atom. The van der Waals surface area contributed by atoms with Gasteiger partial charge in [0.25, 0.3) is 0 Å². The standard InChI is InChI=1S/C34H38N2O6/c1-22(41-20-23-10-3-2-4-11-23)31(33(38)39)36-32(37)25-13-9-12-24(18-25)19-35-34(40)42-21-30-28-16-7-5-14-26(28)27-15-6-8-17-29(27)30/h2-8,10-11,14-17,22,24-25,30-31H,9,12-13,18-21H2,1H3,(H,35,40)(H,36,37)(H,38,39)/t22-,24?,25?,31+/m1/s1. The quantitative estimate of drug-likeness (QED) is 0.280. The van der Waals surface area contributed by atoms with E-state index in [1.54, 1.807) is 6.92 Å². The number of hydrogen-bond donors (Lipinski definition) is 3. The van der Waals surface area contributed by atoms with Crippen molar-refractivity contribution in [2.45, 2.75) is 57.3 Å². The zero-order chi connectivity index (χ0) is 29.5. The average Bonchev–Trinajstić information content (AvgIpc) is 3.34. The number of carboxylic acid groups (broad SMARTS) is 1. The predicted octanol–water partition coefficient (Wildman–Crippen LogP) is 5.51. The third-order valence-electron chi connectivity index (χ3n) is 8.42. The predicted molar refractivity (Wildman–Crippen MR) is 159 cm³/mol. The molecule has 0 spiro atoms. The summed E-state index contributed by atoms with van der Waals surface area (Å²) in [6.45, 7) is 2.56. The molecule has 8 heteroatoms. The molecule has 0 aliphatic heterocycles. The topological polar surface area (TPSA) is 114 Å². The van der Waals surface area contributed by atoms with Gasteiger partial charge in [0, 0.05) is 18.4 Å². The Morgan fingerprint density at radius 2 is 1.55 bits per heavy atom. The summed E-state index contributed by atoms with van der Waals surface area (Å²) in [6.07, 6.45) is 1.78. The first-order chi connectivity index (χ1) is 20.4. The summed E-state index contributed by atoms with van der Waals surface area (Å²) in [5, 5.41) is 15.4. The third-order valence-corrected chi connectivity index (χ3v) is 8.42. The van der Waals surface area contributed by atoms with Crippen LogP contribution in [0.1, 0.15) is 55.2 Å². The van der Waals surface area contributed by atoms with Gasteiger partial charge >= 0.3 is 12.1 Å². The Hall–Kier alpha value is -4.17. The van der Waals surface area contributed by atoms with Gasteiger partial charge in [-0.1, -0.05) is 85.3 Å². The van der Waals surface area contributed by atoms with E-state index in [0.717, 1.165) is 29.5 Å².